The van der Waals surface area contributed by atoms with E-state index in [9.17, 15) is 76.7 Å². The summed E-state index contributed by atoms with van der Waals surface area (Å²) in [7, 11) is 0. The topological polar surface area (TPSA) is 504 Å². The summed E-state index contributed by atoms with van der Waals surface area (Å²) in [6, 6.07) is -1.67. The molecule has 3 aliphatic carbocycles. The third kappa shape index (κ3) is 45.4. The van der Waals surface area contributed by atoms with E-state index in [0.29, 0.717) is 139 Å². The highest BCUT2D eigenvalue weighted by atomic mass is 16.2. The van der Waals surface area contributed by atoms with Gasteiger partial charge in [-0.3, -0.25) is 76.7 Å². The number of amides is 16. The van der Waals surface area contributed by atoms with Crippen LogP contribution in [0.2, 0.25) is 0 Å². The zero-order chi connectivity index (χ0) is 73.1. The molecule has 4 atom stereocenters. The van der Waals surface area contributed by atoms with Crippen LogP contribution < -0.4 is 76.1 Å². The molecule has 0 radical (unpaired) electrons. The van der Waals surface area contributed by atoms with Crippen molar-refractivity contribution in [3.8, 4) is 0 Å². The quantitative estimate of drug-likeness (QED) is 0.0282. The van der Waals surface area contributed by atoms with Crippen LogP contribution in [-0.4, -0.2) is 195 Å². The molecule has 3 fully saturated rings. The first-order chi connectivity index (χ1) is 46.5. The lowest BCUT2D eigenvalue weighted by Crippen LogP contribution is -2.48. The van der Waals surface area contributed by atoms with Crippen LogP contribution in [0, 0.1) is 29.6 Å². The SMILES string of the molecule is C.C.C.CC(=O)NCCCC[C@H](NC(C)=O)C(=O)NCCC(=O)N(CC(=O)NCCC=C(C(N)=O)C1CC1)CC(=O)NCCCC[C@@H](C(N)=O)C1CC1.CC(=O)NCCCC[C@H](NC(C)=O)C(=O)NCCC(=O)N(CC(=O)NCCC=C(C)C(N)=O)CC(=O)NCCCC[C@@H](C(N)=O)C1CC1. The number of nitrogens with one attached hydrogen (secondary N) is 10. The molecule has 32 nitrogen and oxygen atoms in total. The van der Waals surface area contributed by atoms with E-state index in [0.717, 1.165) is 48.3 Å². The van der Waals surface area contributed by atoms with Crippen LogP contribution in [0.3, 0.4) is 0 Å². The first-order valence-corrected chi connectivity index (χ1v) is 34.2. The highest BCUT2D eigenvalue weighted by Gasteiger charge is 2.36. The Morgan fingerprint density at radius 1 is 0.376 bits per heavy atom. The molecule has 0 aromatic heterocycles. The van der Waals surface area contributed by atoms with Crippen LogP contribution in [0.5, 0.6) is 0 Å². The molecule has 0 spiro atoms. The van der Waals surface area contributed by atoms with Crippen molar-refractivity contribution in [2.75, 3.05) is 78.5 Å². The molecule has 0 heterocycles. The number of nitrogens with two attached hydrogens (primary N) is 4. The largest absolute Gasteiger partial charge is 0.369 e. The van der Waals surface area contributed by atoms with Gasteiger partial charge in [-0.25, -0.2) is 0 Å². The maximum atomic E-state index is 13.2. The normalized spacial score (nSPS) is 14.1. The minimum atomic E-state index is -0.836. The Morgan fingerprint density at radius 2 is 0.703 bits per heavy atom. The van der Waals surface area contributed by atoms with Crippen LogP contribution in [0.4, 0.5) is 0 Å². The van der Waals surface area contributed by atoms with Crippen molar-refractivity contribution in [3.63, 3.8) is 0 Å². The second-order valence-corrected chi connectivity index (χ2v) is 25.3. The fraction of sp³-hybridized carbons (Fsp3) is 0.710. The molecule has 18 N–H and O–H groups in total. The summed E-state index contributed by atoms with van der Waals surface area (Å²) in [5.74, 6) is -6.19. The zero-order valence-electron chi connectivity index (χ0n) is 58.0. The van der Waals surface area contributed by atoms with Crippen LogP contribution in [-0.2, 0) is 76.7 Å². The molecule has 0 aliphatic heterocycles. The number of hydrogen-bond acceptors (Lipinski definition) is 16. The maximum absolute atomic E-state index is 13.2. The van der Waals surface area contributed by atoms with Gasteiger partial charge in [0.05, 0.1) is 0 Å². The van der Waals surface area contributed by atoms with Crippen molar-refractivity contribution in [1.82, 2.24) is 63.0 Å². The molecule has 3 aliphatic rings. The second-order valence-electron chi connectivity index (χ2n) is 25.3. The van der Waals surface area contributed by atoms with Gasteiger partial charge in [0, 0.05) is 116 Å². The molecule has 3 saturated carbocycles. The number of primary amides is 4. The van der Waals surface area contributed by atoms with Crippen molar-refractivity contribution >= 4 is 94.5 Å². The molecule has 16 amide bonds. The van der Waals surface area contributed by atoms with E-state index in [1.54, 1.807) is 19.1 Å². The van der Waals surface area contributed by atoms with Gasteiger partial charge < -0.3 is 85.9 Å². The molecular formula is C69H122N16O16. The molecule has 32 heteroatoms. The maximum Gasteiger partial charge on any atom is 0.244 e. The Balaban J connectivity index is 0. The third-order valence-corrected chi connectivity index (χ3v) is 16.4. The molecule has 0 aromatic rings. The van der Waals surface area contributed by atoms with E-state index in [2.05, 4.69) is 53.2 Å². The highest BCUT2D eigenvalue weighted by molar-refractivity contribution is 5.94. The summed E-state index contributed by atoms with van der Waals surface area (Å²) in [4.78, 5) is 197. The summed E-state index contributed by atoms with van der Waals surface area (Å²) in [6.07, 6.45) is 16.4. The van der Waals surface area contributed by atoms with E-state index in [4.69, 9.17) is 22.9 Å². The number of nitrogens with zero attached hydrogens (tertiary/aromatic N) is 2. The number of carbonyl (C=O) groups is 16. The van der Waals surface area contributed by atoms with E-state index >= 15 is 0 Å². The summed E-state index contributed by atoms with van der Waals surface area (Å²) in [6.45, 7) is 7.06. The molecule has 0 saturated heterocycles. The van der Waals surface area contributed by atoms with Gasteiger partial charge >= 0.3 is 0 Å². The standard InChI is InChI=1S/C34H56N8O8.C32H54N8O8.3CH4/c1-22(43)37-16-6-4-10-28(41-23(2)44)34(50)40-19-15-31(47)42(21-30(46)39-18-7-9-27(33(36)49)25-13-14-25)20-29(45)38-17-5-3-8-26(32(35)48)24-11-12-24;1-21(30(33)46)9-8-17-37-28(44)20-40(19-27(43)36-16-6-4-10-25(31(34)47)24-12-13-24)29(45)14-18-38-32(48)26(39-23(3)42)11-5-7-15-35-22(2)41;;;/h9,24-26,28H,3-8,10-21H2,1-2H3,(H2,35,48)(H2,36,49)(H,37,43)(H,38,45)(H,39,46)(H,40,50)(H,41,44);9,24-26H,4-8,10-20H2,1-3H3,(H2,33,46)(H2,34,47)(H,35,41)(H,36,43)(H,37,44)(H,38,48)(H,39,42);3*1H4/t26-,28+;25-,26+;;;/m11.../s1. The summed E-state index contributed by atoms with van der Waals surface area (Å²) >= 11 is 0. The number of rotatable bonds is 51. The molecule has 0 unspecified atom stereocenters. The Hall–Kier alpha value is -9.00. The third-order valence-electron chi connectivity index (χ3n) is 16.4. The fourth-order valence-electron chi connectivity index (χ4n) is 10.6. The molecular weight excluding hydrogens is 1310 g/mol. The summed E-state index contributed by atoms with van der Waals surface area (Å²) in [5, 5.41) is 26.6. The zero-order valence-corrected chi connectivity index (χ0v) is 58.0. The van der Waals surface area contributed by atoms with E-state index < -0.39 is 103 Å². The predicted molar refractivity (Wildman–Crippen MR) is 382 cm³/mol. The first-order valence-electron chi connectivity index (χ1n) is 34.2. The van der Waals surface area contributed by atoms with Crippen molar-refractivity contribution < 1.29 is 76.7 Å². The molecule has 0 aromatic carbocycles. The van der Waals surface area contributed by atoms with Gasteiger partial charge in [-0.1, -0.05) is 47.3 Å². The molecule has 3 rings (SSSR count). The van der Waals surface area contributed by atoms with Gasteiger partial charge in [0.2, 0.25) is 94.5 Å². The molecule has 0 bridgehead atoms. The lowest BCUT2D eigenvalue weighted by atomic mass is 9.96. The Labute approximate surface area is 596 Å². The minimum Gasteiger partial charge on any atom is -0.369 e. The average molecular weight is 1430 g/mol. The van der Waals surface area contributed by atoms with Gasteiger partial charge in [-0.15, -0.1) is 0 Å². The highest BCUT2D eigenvalue weighted by Crippen LogP contribution is 2.40. The summed E-state index contributed by atoms with van der Waals surface area (Å²) in [5.41, 5.74) is 22.6. The lowest BCUT2D eigenvalue weighted by molar-refractivity contribution is -0.139. The van der Waals surface area contributed by atoms with Gasteiger partial charge in [0.1, 0.15) is 38.3 Å². The van der Waals surface area contributed by atoms with Crippen LogP contribution in [0.25, 0.3) is 0 Å². The number of carbonyl (C=O) groups excluding carboxylic acids is 16. The molecule has 574 valence electrons. The van der Waals surface area contributed by atoms with Crippen LogP contribution in [0.1, 0.15) is 198 Å². The Kier molecular flexibility index (Phi) is 49.3. The Bertz CT molecular complexity index is 2790. The summed E-state index contributed by atoms with van der Waals surface area (Å²) < 4.78 is 0. The van der Waals surface area contributed by atoms with Crippen LogP contribution in [0.15, 0.2) is 23.3 Å². The minimum absolute atomic E-state index is 0. The monoisotopic (exact) mass is 1430 g/mol. The fourth-order valence-corrected chi connectivity index (χ4v) is 10.6. The van der Waals surface area contributed by atoms with Crippen molar-refractivity contribution in [2.45, 2.75) is 210 Å². The van der Waals surface area contributed by atoms with Crippen molar-refractivity contribution in [1.29, 1.82) is 0 Å². The van der Waals surface area contributed by atoms with Gasteiger partial charge in [0.25, 0.3) is 0 Å². The lowest BCUT2D eigenvalue weighted by Gasteiger charge is -2.22. The Morgan fingerprint density at radius 3 is 1.00 bits per heavy atom. The van der Waals surface area contributed by atoms with Crippen molar-refractivity contribution in [2.24, 2.45) is 52.5 Å². The van der Waals surface area contributed by atoms with Gasteiger partial charge in [0.15, 0.2) is 0 Å². The van der Waals surface area contributed by atoms with Crippen molar-refractivity contribution in [3.05, 3.63) is 23.3 Å². The smallest absolute Gasteiger partial charge is 0.244 e. The average Bonchev–Trinajstić information content (AvgIpc) is 1.74. The second kappa shape index (κ2) is 52.9. The van der Waals surface area contributed by atoms with E-state index in [1.165, 1.54) is 27.7 Å². The van der Waals surface area contributed by atoms with E-state index in [-0.39, 0.29) is 109 Å². The number of hydrogen-bond donors (Lipinski definition) is 14. The predicted octanol–water partition coefficient (Wildman–Crippen LogP) is 0.0350. The van der Waals surface area contributed by atoms with Gasteiger partial charge in [-0.05, 0) is 140 Å². The van der Waals surface area contributed by atoms with Crippen LogP contribution >= 0.6 is 0 Å². The first kappa shape index (κ1) is 94.1. The molecule has 101 heavy (non-hydrogen) atoms. The number of unbranched alkanes of at least 4 members (excludes halogenated alkanes) is 4. The van der Waals surface area contributed by atoms with E-state index in [1.807, 2.05) is 0 Å². The van der Waals surface area contributed by atoms with Gasteiger partial charge in [-0.2, -0.15) is 0 Å².